The normalized spacial score (nSPS) is 17.1. The van der Waals surface area contributed by atoms with Crippen molar-refractivity contribution in [2.75, 3.05) is 24.7 Å². The number of amides is 2. The smallest absolute Gasteiger partial charge is 0.247 e. The minimum Gasteiger partial charge on any atom is -0.486 e. The Hall–Kier alpha value is -3.72. The summed E-state index contributed by atoms with van der Waals surface area (Å²) in [6.45, 7) is 3.07. The average Bonchev–Trinajstić information content (AvgIpc) is 3.54. The molecule has 1 fully saturated rings. The Bertz CT molecular complexity index is 1290. The number of carbonyl (C=O) groups is 2. The highest BCUT2D eigenvalue weighted by atomic mass is 32.1. The third kappa shape index (κ3) is 4.77. The first kappa shape index (κ1) is 23.0. The van der Waals surface area contributed by atoms with Crippen LogP contribution in [0.1, 0.15) is 37.1 Å². The van der Waals surface area contributed by atoms with Gasteiger partial charge in [-0.15, -0.1) is 11.3 Å². The number of nitrogens with zero attached hydrogens (tertiary/aromatic N) is 3. The Morgan fingerprint density at radius 1 is 1.17 bits per heavy atom. The Balaban J connectivity index is 1.32. The van der Waals surface area contributed by atoms with Crippen molar-refractivity contribution in [2.45, 2.75) is 25.8 Å². The Morgan fingerprint density at radius 2 is 1.97 bits per heavy atom. The Kier molecular flexibility index (Phi) is 6.50. The Morgan fingerprint density at radius 3 is 2.77 bits per heavy atom. The molecule has 0 radical (unpaired) electrons. The molecule has 1 unspecified atom stereocenters. The number of ether oxygens (including phenoxy) is 2. The summed E-state index contributed by atoms with van der Waals surface area (Å²) < 4.78 is 25.6. The maximum absolute atomic E-state index is 14.3. The monoisotopic (exact) mass is 493 g/mol. The van der Waals surface area contributed by atoms with E-state index in [9.17, 15) is 14.0 Å². The lowest BCUT2D eigenvalue weighted by molar-refractivity contribution is -0.126. The number of hydrogen-bond acceptors (Lipinski definition) is 6. The van der Waals surface area contributed by atoms with Crippen LogP contribution in [0.3, 0.4) is 0 Å². The van der Waals surface area contributed by atoms with E-state index in [0.717, 1.165) is 24.2 Å². The van der Waals surface area contributed by atoms with Crippen LogP contribution in [-0.2, 0) is 9.59 Å². The van der Waals surface area contributed by atoms with E-state index in [1.165, 1.54) is 41.4 Å². The topological polar surface area (TPSA) is 72.0 Å². The molecule has 0 saturated carbocycles. The number of carbonyl (C=O) groups excluding carboxylic acids is 2. The first-order valence-electron chi connectivity index (χ1n) is 11.4. The fraction of sp³-hybridized carbons (Fsp3) is 0.269. The zero-order chi connectivity index (χ0) is 24.4. The molecule has 3 heterocycles. The number of rotatable bonds is 5. The molecule has 2 aromatic carbocycles. The van der Waals surface area contributed by atoms with Gasteiger partial charge in [0.15, 0.2) is 16.6 Å². The van der Waals surface area contributed by atoms with E-state index in [1.54, 1.807) is 23.6 Å². The van der Waals surface area contributed by atoms with E-state index in [1.807, 2.05) is 23.1 Å². The van der Waals surface area contributed by atoms with E-state index in [-0.39, 0.29) is 23.5 Å². The van der Waals surface area contributed by atoms with Crippen LogP contribution in [0.5, 0.6) is 11.5 Å². The van der Waals surface area contributed by atoms with Gasteiger partial charge < -0.3 is 14.4 Å². The van der Waals surface area contributed by atoms with E-state index in [0.29, 0.717) is 36.3 Å². The number of thiazole rings is 1. The van der Waals surface area contributed by atoms with Crippen molar-refractivity contribution in [1.82, 2.24) is 9.88 Å². The van der Waals surface area contributed by atoms with Gasteiger partial charge in [0, 0.05) is 24.9 Å². The second kappa shape index (κ2) is 9.87. The van der Waals surface area contributed by atoms with E-state index >= 15 is 0 Å². The summed E-state index contributed by atoms with van der Waals surface area (Å²) in [7, 11) is 0. The van der Waals surface area contributed by atoms with Gasteiger partial charge in [-0.3, -0.25) is 14.5 Å². The van der Waals surface area contributed by atoms with E-state index in [4.69, 9.17) is 9.47 Å². The molecule has 5 rings (SSSR count). The molecule has 0 aliphatic carbocycles. The van der Waals surface area contributed by atoms with Gasteiger partial charge in [0.2, 0.25) is 11.8 Å². The molecule has 35 heavy (non-hydrogen) atoms. The third-order valence-electron chi connectivity index (χ3n) is 5.99. The lowest BCUT2D eigenvalue weighted by Crippen LogP contribution is -2.29. The van der Waals surface area contributed by atoms with Gasteiger partial charge in [-0.05, 0) is 48.7 Å². The molecular formula is C26H24FN3O4S. The summed E-state index contributed by atoms with van der Waals surface area (Å²) in [6, 6.07) is 11.9. The maximum atomic E-state index is 14.3. The van der Waals surface area contributed by atoms with Gasteiger partial charge in [0.25, 0.3) is 0 Å². The number of anilines is 2. The molecule has 2 aliphatic heterocycles. The van der Waals surface area contributed by atoms with Gasteiger partial charge in [-0.1, -0.05) is 18.2 Å². The van der Waals surface area contributed by atoms with Crippen LogP contribution < -0.4 is 14.4 Å². The number of likely N-dealkylation sites (tertiary alicyclic amines) is 1. The highest BCUT2D eigenvalue weighted by Crippen LogP contribution is 2.38. The molecule has 1 atom stereocenters. The molecule has 0 spiro atoms. The van der Waals surface area contributed by atoms with Gasteiger partial charge in [-0.2, -0.15) is 0 Å². The SMILES string of the molecule is CC(=O)N(c1nc(C=CC(=O)N2CCCC2c2ccc3c(c2)OCCO3)cs1)c1ccccc1F. The lowest BCUT2D eigenvalue weighted by atomic mass is 10.0. The Labute approximate surface area is 206 Å². The summed E-state index contributed by atoms with van der Waals surface area (Å²) in [5, 5.41) is 2.07. The fourth-order valence-electron chi connectivity index (χ4n) is 4.39. The summed E-state index contributed by atoms with van der Waals surface area (Å²) in [6.07, 6.45) is 4.91. The van der Waals surface area contributed by atoms with Gasteiger partial charge in [0.05, 0.1) is 17.4 Å². The molecule has 2 amide bonds. The predicted octanol–water partition coefficient (Wildman–Crippen LogP) is 5.11. The summed E-state index contributed by atoms with van der Waals surface area (Å²) in [5.41, 5.74) is 1.68. The highest BCUT2D eigenvalue weighted by Gasteiger charge is 2.30. The van der Waals surface area contributed by atoms with Crippen molar-refractivity contribution in [1.29, 1.82) is 0 Å². The van der Waals surface area contributed by atoms with Crippen molar-refractivity contribution in [2.24, 2.45) is 0 Å². The quantitative estimate of drug-likeness (QED) is 0.462. The van der Waals surface area contributed by atoms with Crippen molar-refractivity contribution >= 4 is 40.0 Å². The number of benzene rings is 2. The predicted molar refractivity (Wildman–Crippen MR) is 131 cm³/mol. The van der Waals surface area contributed by atoms with Crippen LogP contribution in [0.4, 0.5) is 15.2 Å². The van der Waals surface area contributed by atoms with Gasteiger partial charge >= 0.3 is 0 Å². The summed E-state index contributed by atoms with van der Waals surface area (Å²) in [5.74, 6) is 0.461. The largest absolute Gasteiger partial charge is 0.486 e. The van der Waals surface area contributed by atoms with Crippen molar-refractivity contribution in [3.8, 4) is 11.5 Å². The molecule has 0 bridgehead atoms. The number of fused-ring (bicyclic) bond motifs is 1. The van der Waals surface area contributed by atoms with Crippen LogP contribution in [0.25, 0.3) is 6.08 Å². The molecule has 3 aromatic rings. The molecule has 1 aromatic heterocycles. The van der Waals surface area contributed by atoms with Gasteiger partial charge in [-0.25, -0.2) is 9.37 Å². The highest BCUT2D eigenvalue weighted by molar-refractivity contribution is 7.14. The minimum atomic E-state index is -0.510. The van der Waals surface area contributed by atoms with Crippen LogP contribution in [0.15, 0.2) is 53.9 Å². The van der Waals surface area contributed by atoms with Crippen molar-refractivity contribution in [3.63, 3.8) is 0 Å². The zero-order valence-corrected chi connectivity index (χ0v) is 20.0. The number of hydrogen-bond donors (Lipinski definition) is 0. The molecule has 0 N–H and O–H groups in total. The maximum Gasteiger partial charge on any atom is 0.247 e. The molecular weight excluding hydrogens is 469 g/mol. The second-order valence-corrected chi connectivity index (χ2v) is 9.12. The molecule has 1 saturated heterocycles. The van der Waals surface area contributed by atoms with Crippen LogP contribution in [0, 0.1) is 5.82 Å². The number of para-hydroxylation sites is 1. The van der Waals surface area contributed by atoms with Crippen molar-refractivity contribution in [3.05, 3.63) is 71.0 Å². The third-order valence-corrected chi connectivity index (χ3v) is 6.84. The van der Waals surface area contributed by atoms with E-state index in [2.05, 4.69) is 4.98 Å². The molecule has 180 valence electrons. The number of aromatic nitrogens is 1. The summed E-state index contributed by atoms with van der Waals surface area (Å²) in [4.78, 5) is 32.8. The number of halogens is 1. The van der Waals surface area contributed by atoms with Crippen LogP contribution >= 0.6 is 11.3 Å². The minimum absolute atomic E-state index is 0.0387. The summed E-state index contributed by atoms with van der Waals surface area (Å²) >= 11 is 1.21. The standard InChI is InChI=1S/C26H24FN3O4S/c1-17(31)30(22-6-3-2-5-20(22)27)26-28-19(16-35-26)9-11-25(32)29-12-4-7-21(29)18-8-10-23-24(15-18)34-14-13-33-23/h2-3,5-6,8-11,15-16,21H,4,7,12-14H2,1H3. The van der Waals surface area contributed by atoms with Crippen molar-refractivity contribution < 1.29 is 23.5 Å². The van der Waals surface area contributed by atoms with Crippen LogP contribution in [-0.4, -0.2) is 41.5 Å². The first-order valence-corrected chi connectivity index (χ1v) is 12.3. The molecule has 2 aliphatic rings. The fourth-order valence-corrected chi connectivity index (χ4v) is 5.24. The first-order chi connectivity index (χ1) is 17.0. The van der Waals surface area contributed by atoms with E-state index < -0.39 is 5.82 Å². The second-order valence-electron chi connectivity index (χ2n) is 8.29. The average molecular weight is 494 g/mol. The molecule has 7 nitrogen and oxygen atoms in total. The van der Waals surface area contributed by atoms with Crippen LogP contribution in [0.2, 0.25) is 0 Å². The molecule has 9 heteroatoms. The lowest BCUT2D eigenvalue weighted by Gasteiger charge is -2.26. The van der Waals surface area contributed by atoms with Gasteiger partial charge in [0.1, 0.15) is 19.0 Å². The zero-order valence-electron chi connectivity index (χ0n) is 19.1.